The predicted octanol–water partition coefficient (Wildman–Crippen LogP) is 5.11. The number of carbonyl (C=O) groups excluding carboxylic acids is 1. The highest BCUT2D eigenvalue weighted by atomic mass is 32.1. The van der Waals surface area contributed by atoms with Crippen LogP contribution >= 0.6 is 11.3 Å². The van der Waals surface area contributed by atoms with Crippen molar-refractivity contribution in [1.82, 2.24) is 4.57 Å². The first kappa shape index (κ1) is 28.6. The van der Waals surface area contributed by atoms with Crippen molar-refractivity contribution in [3.05, 3.63) is 143 Å². The second-order valence-corrected chi connectivity index (χ2v) is 10.7. The Labute approximate surface area is 254 Å². The number of hydrogen-bond donors (Lipinski definition) is 0. The fourth-order valence-electron chi connectivity index (χ4n) is 5.03. The minimum absolute atomic E-state index is 0.0566. The second-order valence-electron chi connectivity index (χ2n) is 9.71. The molecule has 0 N–H and O–H groups in total. The number of ether oxygens (including phenoxy) is 2. The van der Waals surface area contributed by atoms with E-state index in [1.54, 1.807) is 56.5 Å². The molecule has 0 unspecified atom stereocenters. The molecule has 0 aliphatic carbocycles. The average Bonchev–Trinajstić information content (AvgIpc) is 3.65. The van der Waals surface area contributed by atoms with Crippen LogP contribution < -0.4 is 19.6 Å². The summed E-state index contributed by atoms with van der Waals surface area (Å²) in [4.78, 5) is 43.6. The van der Waals surface area contributed by atoms with Gasteiger partial charge >= 0.3 is 5.97 Å². The lowest BCUT2D eigenvalue weighted by atomic mass is 9.93. The van der Waals surface area contributed by atoms with Crippen molar-refractivity contribution in [2.45, 2.75) is 13.0 Å². The monoisotopic (exact) mass is 607 g/mol. The van der Waals surface area contributed by atoms with Crippen LogP contribution in [0.4, 0.5) is 5.69 Å². The lowest BCUT2D eigenvalue weighted by Gasteiger charge is -2.26. The fourth-order valence-corrected chi connectivity index (χ4v) is 6.01. The minimum atomic E-state index is -0.828. The van der Waals surface area contributed by atoms with E-state index >= 15 is 0 Å². The van der Waals surface area contributed by atoms with Crippen LogP contribution in [0.5, 0.6) is 5.75 Å². The Hall–Kier alpha value is -5.55. The quantitative estimate of drug-likeness (QED) is 0.136. The van der Waals surface area contributed by atoms with Crippen molar-refractivity contribution >= 4 is 34.8 Å². The number of rotatable bonds is 8. The molecule has 3 heterocycles. The first-order valence-electron chi connectivity index (χ1n) is 13.6. The molecule has 10 nitrogen and oxygen atoms in total. The first-order chi connectivity index (χ1) is 21.4. The maximum absolute atomic E-state index is 14.1. The van der Waals surface area contributed by atoms with Gasteiger partial charge in [0.25, 0.3) is 11.2 Å². The van der Waals surface area contributed by atoms with Crippen LogP contribution in [0, 0.1) is 10.1 Å². The van der Waals surface area contributed by atoms with E-state index in [-0.39, 0.29) is 23.4 Å². The standard InChI is InChI=1S/C33H25N3O7S/c1-3-42-32(38)28-29(20-8-5-4-6-9-20)34-33-35(30(28)21-12-14-24(41-2)15-13-21)31(37)27(44-33)19-25-16-17-26(43-25)22-10-7-11-23(18-22)36(39)40/h4-19,30H,3H2,1-2H3/b27-19-/t30-/m0/s1. The van der Waals surface area contributed by atoms with Gasteiger partial charge in [-0.25, -0.2) is 9.79 Å². The lowest BCUT2D eigenvalue weighted by Crippen LogP contribution is -2.40. The van der Waals surface area contributed by atoms with E-state index in [0.717, 1.165) is 0 Å². The number of nitro groups is 1. The minimum Gasteiger partial charge on any atom is -0.497 e. The number of methoxy groups -OCH3 is 1. The molecule has 220 valence electrons. The highest BCUT2D eigenvalue weighted by Crippen LogP contribution is 2.35. The molecule has 44 heavy (non-hydrogen) atoms. The molecule has 1 aliphatic rings. The van der Waals surface area contributed by atoms with Gasteiger partial charge in [0.2, 0.25) is 0 Å². The van der Waals surface area contributed by atoms with E-state index < -0.39 is 16.9 Å². The summed E-state index contributed by atoms with van der Waals surface area (Å²) in [5, 5.41) is 11.2. The Morgan fingerprint density at radius 3 is 2.50 bits per heavy atom. The second kappa shape index (κ2) is 12.0. The molecule has 0 radical (unpaired) electrons. The van der Waals surface area contributed by atoms with Crippen LogP contribution in [-0.2, 0) is 9.53 Å². The smallest absolute Gasteiger partial charge is 0.338 e. The van der Waals surface area contributed by atoms with Crippen molar-refractivity contribution in [2.75, 3.05) is 13.7 Å². The molecule has 0 spiro atoms. The molecule has 2 aromatic heterocycles. The van der Waals surface area contributed by atoms with Gasteiger partial charge < -0.3 is 13.9 Å². The van der Waals surface area contributed by atoms with E-state index in [2.05, 4.69) is 0 Å². The summed E-state index contributed by atoms with van der Waals surface area (Å²) in [6.45, 7) is 1.87. The maximum atomic E-state index is 14.1. The van der Waals surface area contributed by atoms with Gasteiger partial charge in [-0.05, 0) is 36.8 Å². The number of thiazole rings is 1. The number of nitrogens with zero attached hydrogens (tertiary/aromatic N) is 3. The highest BCUT2D eigenvalue weighted by molar-refractivity contribution is 7.07. The molecule has 0 bridgehead atoms. The van der Waals surface area contributed by atoms with Gasteiger partial charge in [-0.3, -0.25) is 19.5 Å². The summed E-state index contributed by atoms with van der Waals surface area (Å²) in [6, 6.07) is 25.1. The van der Waals surface area contributed by atoms with Crippen LogP contribution in [-0.4, -0.2) is 29.2 Å². The molecule has 5 aromatic rings. The third-order valence-electron chi connectivity index (χ3n) is 7.05. The summed E-state index contributed by atoms with van der Waals surface area (Å²) < 4.78 is 18.6. The number of hydrogen-bond acceptors (Lipinski definition) is 9. The van der Waals surface area contributed by atoms with Crippen molar-refractivity contribution in [2.24, 2.45) is 4.99 Å². The van der Waals surface area contributed by atoms with Gasteiger partial charge in [0, 0.05) is 29.3 Å². The molecular weight excluding hydrogens is 582 g/mol. The molecule has 1 aliphatic heterocycles. The van der Waals surface area contributed by atoms with Crippen molar-refractivity contribution < 1.29 is 23.6 Å². The Morgan fingerprint density at radius 2 is 1.80 bits per heavy atom. The molecule has 0 fully saturated rings. The van der Waals surface area contributed by atoms with E-state index in [1.165, 1.54) is 28.0 Å². The number of esters is 1. The largest absolute Gasteiger partial charge is 0.497 e. The van der Waals surface area contributed by atoms with Crippen molar-refractivity contribution in [3.8, 4) is 17.1 Å². The molecule has 11 heteroatoms. The molecule has 0 saturated heterocycles. The first-order valence-corrected chi connectivity index (χ1v) is 14.5. The van der Waals surface area contributed by atoms with Crippen LogP contribution in [0.15, 0.2) is 111 Å². The van der Waals surface area contributed by atoms with Gasteiger partial charge in [-0.1, -0.05) is 65.9 Å². The third kappa shape index (κ3) is 5.36. The zero-order valence-electron chi connectivity index (χ0n) is 23.6. The Balaban J connectivity index is 1.53. The van der Waals surface area contributed by atoms with E-state index in [0.29, 0.717) is 49.0 Å². The zero-order valence-corrected chi connectivity index (χ0v) is 24.4. The normalized spacial score (nSPS) is 14.6. The maximum Gasteiger partial charge on any atom is 0.338 e. The average molecular weight is 608 g/mol. The Kier molecular flexibility index (Phi) is 7.78. The number of furan rings is 1. The van der Waals surface area contributed by atoms with Crippen LogP contribution in [0.25, 0.3) is 23.1 Å². The van der Waals surface area contributed by atoms with Gasteiger partial charge in [0.1, 0.15) is 17.3 Å². The van der Waals surface area contributed by atoms with E-state index in [4.69, 9.17) is 18.9 Å². The van der Waals surface area contributed by atoms with E-state index in [9.17, 15) is 19.7 Å². The van der Waals surface area contributed by atoms with Crippen LogP contribution in [0.1, 0.15) is 29.9 Å². The van der Waals surface area contributed by atoms with Crippen molar-refractivity contribution in [1.29, 1.82) is 0 Å². The number of aromatic nitrogens is 1. The Bertz CT molecular complexity index is 2090. The SMILES string of the molecule is CCOC(=O)C1=C(c2ccccc2)N=c2s/c(=C\c3ccc(-c4cccc([N+](=O)[O-])c4)o3)c(=O)n2[C@H]1c1ccc(OC)cc1. The molecule has 6 rings (SSSR count). The van der Waals surface area contributed by atoms with Crippen LogP contribution in [0.3, 0.4) is 0 Å². The number of nitro benzene ring substituents is 1. The molecule has 0 saturated carbocycles. The predicted molar refractivity (Wildman–Crippen MR) is 165 cm³/mol. The number of fused-ring (bicyclic) bond motifs is 1. The molecule has 1 atom stereocenters. The summed E-state index contributed by atoms with van der Waals surface area (Å²) >= 11 is 1.17. The van der Waals surface area contributed by atoms with Gasteiger partial charge in [-0.15, -0.1) is 0 Å². The number of benzene rings is 3. The van der Waals surface area contributed by atoms with Gasteiger partial charge in [0.05, 0.1) is 40.5 Å². The molecular formula is C33H25N3O7S. The van der Waals surface area contributed by atoms with E-state index in [1.807, 2.05) is 42.5 Å². The zero-order chi connectivity index (χ0) is 30.8. The Morgan fingerprint density at radius 1 is 1.05 bits per heavy atom. The number of carbonyl (C=O) groups is 1. The molecule has 3 aromatic carbocycles. The van der Waals surface area contributed by atoms with Crippen LogP contribution in [0.2, 0.25) is 0 Å². The number of non-ortho nitro benzene ring substituents is 1. The summed E-state index contributed by atoms with van der Waals surface area (Å²) in [5.41, 5.74) is 2.16. The summed E-state index contributed by atoms with van der Waals surface area (Å²) in [6.07, 6.45) is 1.60. The highest BCUT2D eigenvalue weighted by Gasteiger charge is 2.35. The fraction of sp³-hybridized carbons (Fsp3) is 0.121. The van der Waals surface area contributed by atoms with Gasteiger partial charge in [-0.2, -0.15) is 0 Å². The van der Waals surface area contributed by atoms with Crippen molar-refractivity contribution in [3.63, 3.8) is 0 Å². The lowest BCUT2D eigenvalue weighted by molar-refractivity contribution is -0.384. The summed E-state index contributed by atoms with van der Waals surface area (Å²) in [7, 11) is 1.56. The molecule has 0 amide bonds. The summed E-state index contributed by atoms with van der Waals surface area (Å²) in [5.74, 6) is 0.853. The third-order valence-corrected chi connectivity index (χ3v) is 8.03. The van der Waals surface area contributed by atoms with Gasteiger partial charge in [0.15, 0.2) is 4.80 Å². The topological polar surface area (TPSA) is 126 Å².